The van der Waals surface area contributed by atoms with E-state index in [2.05, 4.69) is 33.1 Å². The number of sulfonamides is 1. The molecule has 1 unspecified atom stereocenters. The zero-order valence-corrected chi connectivity index (χ0v) is 21.7. The maximum Gasteiger partial charge on any atom is 0.243 e. The molecule has 2 heterocycles. The molecule has 35 heavy (non-hydrogen) atoms. The Hall–Kier alpha value is -2.85. The average molecular weight is 552 g/mol. The summed E-state index contributed by atoms with van der Waals surface area (Å²) in [6, 6.07) is 24.6. The molecule has 0 saturated carbocycles. The zero-order chi connectivity index (χ0) is 24.4. The summed E-state index contributed by atoms with van der Waals surface area (Å²) in [4.78, 5) is 12.3. The fourth-order valence-electron chi connectivity index (χ4n) is 4.29. The third kappa shape index (κ3) is 5.08. The molecule has 1 aliphatic heterocycles. The Morgan fingerprint density at radius 3 is 2.23 bits per heavy atom. The molecular formula is C26H26BrN5O2S. The normalized spacial score (nSPS) is 16.3. The van der Waals surface area contributed by atoms with Gasteiger partial charge in [-0.05, 0) is 55.5 Å². The molecule has 4 aromatic rings. The van der Waals surface area contributed by atoms with Gasteiger partial charge >= 0.3 is 0 Å². The van der Waals surface area contributed by atoms with Gasteiger partial charge in [-0.2, -0.15) is 4.31 Å². The molecule has 5 rings (SSSR count). The van der Waals surface area contributed by atoms with Crippen molar-refractivity contribution in [3.63, 3.8) is 0 Å². The van der Waals surface area contributed by atoms with Crippen molar-refractivity contribution in [2.75, 3.05) is 31.5 Å². The van der Waals surface area contributed by atoms with Gasteiger partial charge in [-0.25, -0.2) is 18.4 Å². The standard InChI is InChI=1S/C26H26BrN5O2S/c1-19(31-15-17-32(18-16-31)35(33,34)22-13-11-20(27)12-14-22)25-29-24-10-6-5-9-23(24)26(30-25)28-21-7-3-2-4-8-21/h2-14,19H,15-18H2,1H3,(H,28,29,30). The predicted octanol–water partition coefficient (Wildman–Crippen LogP) is 5.20. The number of hydrogen-bond acceptors (Lipinski definition) is 6. The molecule has 1 atom stereocenters. The van der Waals surface area contributed by atoms with Gasteiger partial charge in [-0.3, -0.25) is 4.90 Å². The minimum absolute atomic E-state index is 0.0616. The number of piperazine rings is 1. The van der Waals surface area contributed by atoms with Crippen LogP contribution in [0.3, 0.4) is 0 Å². The number of para-hydroxylation sites is 2. The molecule has 9 heteroatoms. The molecule has 0 aliphatic carbocycles. The molecule has 3 aromatic carbocycles. The number of fused-ring (bicyclic) bond motifs is 1. The van der Waals surface area contributed by atoms with Gasteiger partial charge in [0.15, 0.2) is 0 Å². The fraction of sp³-hybridized carbons (Fsp3) is 0.231. The molecule has 7 nitrogen and oxygen atoms in total. The Morgan fingerprint density at radius 1 is 0.857 bits per heavy atom. The quantitative estimate of drug-likeness (QED) is 0.354. The minimum atomic E-state index is -3.52. The predicted molar refractivity (Wildman–Crippen MR) is 142 cm³/mol. The summed E-state index contributed by atoms with van der Waals surface area (Å²) in [6.45, 7) is 4.13. The summed E-state index contributed by atoms with van der Waals surface area (Å²) < 4.78 is 28.5. The van der Waals surface area contributed by atoms with Crippen LogP contribution in [0.15, 0.2) is 88.2 Å². The van der Waals surface area contributed by atoms with Gasteiger partial charge in [-0.15, -0.1) is 0 Å². The van der Waals surface area contributed by atoms with Gasteiger partial charge in [0, 0.05) is 41.7 Å². The summed E-state index contributed by atoms with van der Waals surface area (Å²) in [5.41, 5.74) is 1.83. The maximum atomic E-state index is 13.1. The van der Waals surface area contributed by atoms with E-state index in [9.17, 15) is 8.42 Å². The molecule has 1 fully saturated rings. The van der Waals surface area contributed by atoms with Crippen molar-refractivity contribution in [1.29, 1.82) is 0 Å². The Bertz CT molecular complexity index is 1420. The molecule has 180 valence electrons. The van der Waals surface area contributed by atoms with E-state index in [4.69, 9.17) is 9.97 Å². The maximum absolute atomic E-state index is 13.1. The van der Waals surface area contributed by atoms with Gasteiger partial charge in [0.1, 0.15) is 11.6 Å². The van der Waals surface area contributed by atoms with Crippen LogP contribution in [0.5, 0.6) is 0 Å². The van der Waals surface area contributed by atoms with Crippen LogP contribution in [0, 0.1) is 0 Å². The smallest absolute Gasteiger partial charge is 0.243 e. The lowest BCUT2D eigenvalue weighted by Crippen LogP contribution is -2.49. The highest BCUT2D eigenvalue weighted by Gasteiger charge is 2.31. The van der Waals surface area contributed by atoms with Gasteiger partial charge in [0.05, 0.1) is 16.5 Å². The highest BCUT2D eigenvalue weighted by Crippen LogP contribution is 2.28. The highest BCUT2D eigenvalue weighted by molar-refractivity contribution is 9.10. The second-order valence-electron chi connectivity index (χ2n) is 8.51. The number of halogens is 1. The largest absolute Gasteiger partial charge is 0.340 e. The lowest BCUT2D eigenvalue weighted by molar-refractivity contribution is 0.141. The lowest BCUT2D eigenvalue weighted by Gasteiger charge is -2.36. The van der Waals surface area contributed by atoms with Gasteiger partial charge in [0.25, 0.3) is 0 Å². The molecule has 1 aliphatic rings. The Morgan fingerprint density at radius 2 is 1.51 bits per heavy atom. The van der Waals surface area contributed by atoms with E-state index in [1.807, 2.05) is 54.6 Å². The van der Waals surface area contributed by atoms with Crippen molar-refractivity contribution in [1.82, 2.24) is 19.2 Å². The number of anilines is 2. The second kappa shape index (κ2) is 10.0. The number of benzene rings is 3. The molecule has 1 aromatic heterocycles. The molecule has 1 N–H and O–H groups in total. The first-order chi connectivity index (χ1) is 16.9. The van der Waals surface area contributed by atoms with Crippen LogP contribution < -0.4 is 5.32 Å². The van der Waals surface area contributed by atoms with Crippen LogP contribution in [-0.2, 0) is 10.0 Å². The third-order valence-electron chi connectivity index (χ3n) is 6.30. The van der Waals surface area contributed by atoms with Gasteiger partial charge in [0.2, 0.25) is 10.0 Å². The van der Waals surface area contributed by atoms with Gasteiger partial charge < -0.3 is 5.32 Å². The van der Waals surface area contributed by atoms with Crippen LogP contribution >= 0.6 is 15.9 Å². The highest BCUT2D eigenvalue weighted by atomic mass is 79.9. The molecule has 1 saturated heterocycles. The van der Waals surface area contributed by atoms with Crippen molar-refractivity contribution < 1.29 is 8.42 Å². The topological polar surface area (TPSA) is 78.4 Å². The number of nitrogens with zero attached hydrogens (tertiary/aromatic N) is 4. The van der Waals surface area contributed by atoms with E-state index in [0.717, 1.165) is 26.9 Å². The van der Waals surface area contributed by atoms with Crippen LogP contribution in [-0.4, -0.2) is 53.8 Å². The number of nitrogens with one attached hydrogen (secondary N) is 1. The Labute approximate surface area is 214 Å². The average Bonchev–Trinajstić information content (AvgIpc) is 2.89. The second-order valence-corrected chi connectivity index (χ2v) is 11.4. The zero-order valence-electron chi connectivity index (χ0n) is 19.3. The Balaban J connectivity index is 1.35. The van der Waals surface area contributed by atoms with Gasteiger partial charge in [-0.1, -0.05) is 46.3 Å². The van der Waals surface area contributed by atoms with Crippen molar-refractivity contribution in [3.8, 4) is 0 Å². The number of hydrogen-bond donors (Lipinski definition) is 1. The Kier molecular flexibility index (Phi) is 6.84. The van der Waals surface area contributed by atoms with E-state index >= 15 is 0 Å². The summed E-state index contributed by atoms with van der Waals surface area (Å²) in [5.74, 6) is 1.48. The number of rotatable bonds is 6. The molecular weight excluding hydrogens is 526 g/mol. The summed E-state index contributed by atoms with van der Waals surface area (Å²) in [5, 5.41) is 4.39. The van der Waals surface area contributed by atoms with Crippen LogP contribution in [0.2, 0.25) is 0 Å². The van der Waals surface area contributed by atoms with Crippen molar-refractivity contribution in [2.45, 2.75) is 17.9 Å². The first-order valence-electron chi connectivity index (χ1n) is 11.5. The van der Waals surface area contributed by atoms with Crippen LogP contribution in [0.4, 0.5) is 11.5 Å². The molecule has 0 radical (unpaired) electrons. The minimum Gasteiger partial charge on any atom is -0.340 e. The molecule has 0 amide bonds. The van der Waals surface area contributed by atoms with E-state index in [-0.39, 0.29) is 6.04 Å². The monoisotopic (exact) mass is 551 g/mol. The number of aromatic nitrogens is 2. The lowest BCUT2D eigenvalue weighted by atomic mass is 10.2. The SMILES string of the molecule is CC(c1nc(Nc2ccccc2)c2ccccc2n1)N1CCN(S(=O)(=O)c2ccc(Br)cc2)CC1. The third-order valence-corrected chi connectivity index (χ3v) is 8.74. The fourth-order valence-corrected chi connectivity index (χ4v) is 5.97. The summed E-state index contributed by atoms with van der Waals surface area (Å²) in [6.07, 6.45) is 0. The van der Waals surface area contributed by atoms with Crippen molar-refractivity contribution in [2.24, 2.45) is 0 Å². The first-order valence-corrected chi connectivity index (χ1v) is 13.7. The van der Waals surface area contributed by atoms with E-state index < -0.39 is 10.0 Å². The van der Waals surface area contributed by atoms with E-state index in [1.165, 1.54) is 0 Å². The van der Waals surface area contributed by atoms with E-state index in [0.29, 0.717) is 36.9 Å². The van der Waals surface area contributed by atoms with Crippen LogP contribution in [0.1, 0.15) is 18.8 Å². The molecule has 0 bridgehead atoms. The van der Waals surface area contributed by atoms with Crippen molar-refractivity contribution in [3.05, 3.63) is 89.2 Å². The summed E-state index contributed by atoms with van der Waals surface area (Å²) in [7, 11) is -3.52. The first kappa shape index (κ1) is 23.9. The van der Waals surface area contributed by atoms with Crippen molar-refractivity contribution >= 4 is 48.4 Å². The molecule has 0 spiro atoms. The van der Waals surface area contributed by atoms with E-state index in [1.54, 1.807) is 28.6 Å². The van der Waals surface area contributed by atoms with Crippen LogP contribution in [0.25, 0.3) is 10.9 Å². The summed E-state index contributed by atoms with van der Waals surface area (Å²) >= 11 is 3.36.